The van der Waals surface area contributed by atoms with Crippen molar-refractivity contribution in [3.05, 3.63) is 47.3 Å². The van der Waals surface area contributed by atoms with Gasteiger partial charge in [0.25, 0.3) is 0 Å². The molecule has 0 fully saturated rings. The van der Waals surface area contributed by atoms with Crippen LogP contribution in [0.1, 0.15) is 75.2 Å². The number of anilines is 1. The Bertz CT molecular complexity index is 643. The Kier molecular flexibility index (Phi) is 8.94. The molecule has 0 aliphatic rings. The van der Waals surface area contributed by atoms with Gasteiger partial charge in [-0.15, -0.1) is 0 Å². The van der Waals surface area contributed by atoms with Crippen LogP contribution in [0.2, 0.25) is 0 Å². The normalized spacial score (nSPS) is 10.8. The molecule has 1 aromatic heterocycles. The molecule has 2 N–H and O–H groups in total. The van der Waals surface area contributed by atoms with Gasteiger partial charge >= 0.3 is 0 Å². The molecule has 0 spiro atoms. The minimum Gasteiger partial charge on any atom is -0.485 e. The van der Waals surface area contributed by atoms with E-state index in [1.54, 1.807) is 0 Å². The van der Waals surface area contributed by atoms with Crippen molar-refractivity contribution >= 4 is 5.95 Å². The molecule has 0 radical (unpaired) electrons. The van der Waals surface area contributed by atoms with Gasteiger partial charge in [-0.3, -0.25) is 0 Å². The van der Waals surface area contributed by atoms with Crippen LogP contribution in [0.4, 0.5) is 5.95 Å². The molecular formula is C22H33N3O. The van der Waals surface area contributed by atoms with Crippen LogP contribution in [0.25, 0.3) is 0 Å². The van der Waals surface area contributed by atoms with E-state index in [0.717, 1.165) is 35.5 Å². The van der Waals surface area contributed by atoms with Gasteiger partial charge in [0.2, 0.25) is 5.95 Å². The van der Waals surface area contributed by atoms with Crippen LogP contribution < -0.4 is 10.5 Å². The second-order valence-corrected chi connectivity index (χ2v) is 6.94. The van der Waals surface area contributed by atoms with Gasteiger partial charge in [-0.1, -0.05) is 82.2 Å². The highest BCUT2D eigenvalue weighted by Gasteiger charge is 2.12. The summed E-state index contributed by atoms with van der Waals surface area (Å²) in [6.45, 7) is 4.72. The van der Waals surface area contributed by atoms with Crippen molar-refractivity contribution in [3.8, 4) is 5.75 Å². The third-order valence-corrected chi connectivity index (χ3v) is 4.62. The summed E-state index contributed by atoms with van der Waals surface area (Å²) in [5.41, 5.74) is 8.76. The summed E-state index contributed by atoms with van der Waals surface area (Å²) in [7, 11) is 0. The number of benzene rings is 1. The van der Waals surface area contributed by atoms with Gasteiger partial charge in [-0.05, 0) is 25.3 Å². The lowest BCUT2D eigenvalue weighted by Crippen LogP contribution is -2.07. The van der Waals surface area contributed by atoms with Crippen molar-refractivity contribution in [1.82, 2.24) is 9.97 Å². The minimum atomic E-state index is 0.337. The molecule has 142 valence electrons. The number of aryl methyl sites for hydroxylation is 2. The standard InChI is InChI=1S/C22H33N3O/c1-3-4-5-6-7-8-9-13-16-20-21(18(2)24-22(23)25-20)26-17-19-14-11-10-12-15-19/h10-12,14-15H,3-9,13,16-17H2,1-2H3,(H2,23,24,25). The lowest BCUT2D eigenvalue weighted by atomic mass is 10.1. The maximum atomic E-state index is 6.05. The van der Waals surface area contributed by atoms with E-state index in [1.807, 2.05) is 25.1 Å². The molecule has 2 rings (SSSR count). The highest BCUT2D eigenvalue weighted by Crippen LogP contribution is 2.24. The topological polar surface area (TPSA) is 61.0 Å². The fraction of sp³-hybridized carbons (Fsp3) is 0.545. The number of hydrogen-bond donors (Lipinski definition) is 1. The van der Waals surface area contributed by atoms with Gasteiger partial charge in [0.1, 0.15) is 6.61 Å². The zero-order valence-corrected chi connectivity index (χ0v) is 16.3. The zero-order chi connectivity index (χ0) is 18.6. The molecule has 4 heteroatoms. The molecular weight excluding hydrogens is 322 g/mol. The summed E-state index contributed by atoms with van der Waals surface area (Å²) in [4.78, 5) is 8.72. The van der Waals surface area contributed by atoms with E-state index in [2.05, 4.69) is 29.0 Å². The van der Waals surface area contributed by atoms with Crippen molar-refractivity contribution in [2.45, 2.75) is 78.2 Å². The molecule has 0 amide bonds. The maximum absolute atomic E-state index is 6.05. The number of nitrogens with two attached hydrogens (primary N) is 1. The van der Waals surface area contributed by atoms with E-state index in [4.69, 9.17) is 10.5 Å². The molecule has 4 nitrogen and oxygen atoms in total. The van der Waals surface area contributed by atoms with Crippen molar-refractivity contribution in [2.24, 2.45) is 0 Å². The van der Waals surface area contributed by atoms with Gasteiger partial charge < -0.3 is 10.5 Å². The van der Waals surface area contributed by atoms with Gasteiger partial charge in [-0.25, -0.2) is 9.97 Å². The SMILES string of the molecule is CCCCCCCCCCc1nc(N)nc(C)c1OCc1ccccc1. The summed E-state index contributed by atoms with van der Waals surface area (Å²) in [6.07, 6.45) is 11.3. The van der Waals surface area contributed by atoms with E-state index >= 15 is 0 Å². The van der Waals surface area contributed by atoms with Gasteiger partial charge in [0.05, 0.1) is 11.4 Å². The van der Waals surface area contributed by atoms with Crippen LogP contribution in [0, 0.1) is 6.92 Å². The Morgan fingerprint density at radius 2 is 1.54 bits per heavy atom. The summed E-state index contributed by atoms with van der Waals surface area (Å²) in [5.74, 6) is 1.13. The van der Waals surface area contributed by atoms with Gasteiger partial charge in [-0.2, -0.15) is 0 Å². The number of ether oxygens (including phenoxy) is 1. The third kappa shape index (κ3) is 7.03. The first-order chi connectivity index (χ1) is 12.7. The van der Waals surface area contributed by atoms with E-state index in [0.29, 0.717) is 12.6 Å². The minimum absolute atomic E-state index is 0.337. The molecule has 0 unspecified atom stereocenters. The maximum Gasteiger partial charge on any atom is 0.220 e. The smallest absolute Gasteiger partial charge is 0.220 e. The molecule has 1 heterocycles. The molecule has 0 saturated heterocycles. The highest BCUT2D eigenvalue weighted by atomic mass is 16.5. The molecule has 0 aliphatic heterocycles. The fourth-order valence-corrected chi connectivity index (χ4v) is 3.16. The largest absolute Gasteiger partial charge is 0.485 e. The highest BCUT2D eigenvalue weighted by molar-refractivity contribution is 5.37. The number of nitrogens with zero attached hydrogens (tertiary/aromatic N) is 2. The lowest BCUT2D eigenvalue weighted by Gasteiger charge is -2.13. The number of aromatic nitrogens is 2. The summed E-state index contributed by atoms with van der Waals surface area (Å²) >= 11 is 0. The third-order valence-electron chi connectivity index (χ3n) is 4.62. The summed E-state index contributed by atoms with van der Waals surface area (Å²) < 4.78 is 6.05. The van der Waals surface area contributed by atoms with Crippen molar-refractivity contribution in [3.63, 3.8) is 0 Å². The van der Waals surface area contributed by atoms with Crippen LogP contribution in [0.3, 0.4) is 0 Å². The number of hydrogen-bond acceptors (Lipinski definition) is 4. The predicted molar refractivity (Wildman–Crippen MR) is 108 cm³/mol. The van der Waals surface area contributed by atoms with E-state index in [1.165, 1.54) is 44.9 Å². The molecule has 0 saturated carbocycles. The summed E-state index contributed by atoms with van der Waals surface area (Å²) in [5, 5.41) is 0. The van der Waals surface area contributed by atoms with E-state index in [9.17, 15) is 0 Å². The number of nitrogen functional groups attached to an aromatic ring is 1. The first-order valence-electron chi connectivity index (χ1n) is 10.0. The van der Waals surface area contributed by atoms with Gasteiger partial charge in [0.15, 0.2) is 5.75 Å². The van der Waals surface area contributed by atoms with Crippen molar-refractivity contribution < 1.29 is 4.74 Å². The quantitative estimate of drug-likeness (QED) is 0.501. The van der Waals surface area contributed by atoms with Crippen LogP contribution >= 0.6 is 0 Å². The molecule has 0 aliphatic carbocycles. The molecule has 1 aromatic carbocycles. The zero-order valence-electron chi connectivity index (χ0n) is 16.3. The first-order valence-corrected chi connectivity index (χ1v) is 10.0. The Morgan fingerprint density at radius 1 is 0.885 bits per heavy atom. The number of unbranched alkanes of at least 4 members (excludes halogenated alkanes) is 7. The van der Waals surface area contributed by atoms with E-state index in [-0.39, 0.29) is 0 Å². The molecule has 26 heavy (non-hydrogen) atoms. The Labute approximate surface area is 158 Å². The van der Waals surface area contributed by atoms with Crippen molar-refractivity contribution in [2.75, 3.05) is 5.73 Å². The predicted octanol–water partition coefficient (Wildman–Crippen LogP) is 5.63. The number of rotatable bonds is 12. The van der Waals surface area contributed by atoms with Crippen LogP contribution in [0.15, 0.2) is 30.3 Å². The molecule has 2 aromatic rings. The Balaban J connectivity index is 1.84. The average molecular weight is 356 g/mol. The fourth-order valence-electron chi connectivity index (χ4n) is 3.16. The summed E-state index contributed by atoms with van der Waals surface area (Å²) in [6, 6.07) is 10.2. The Hall–Kier alpha value is -2.10. The van der Waals surface area contributed by atoms with Crippen LogP contribution in [0.5, 0.6) is 5.75 Å². The molecule has 0 atom stereocenters. The Morgan fingerprint density at radius 3 is 2.23 bits per heavy atom. The molecule has 0 bridgehead atoms. The van der Waals surface area contributed by atoms with Crippen LogP contribution in [-0.2, 0) is 13.0 Å². The van der Waals surface area contributed by atoms with Gasteiger partial charge in [0, 0.05) is 0 Å². The average Bonchev–Trinajstić information content (AvgIpc) is 2.64. The second kappa shape index (κ2) is 11.5. The lowest BCUT2D eigenvalue weighted by molar-refractivity contribution is 0.297. The first kappa shape index (κ1) is 20.2. The monoisotopic (exact) mass is 355 g/mol. The van der Waals surface area contributed by atoms with Crippen LogP contribution in [-0.4, -0.2) is 9.97 Å². The van der Waals surface area contributed by atoms with Crippen molar-refractivity contribution in [1.29, 1.82) is 0 Å². The van der Waals surface area contributed by atoms with E-state index < -0.39 is 0 Å². The second-order valence-electron chi connectivity index (χ2n) is 6.94.